The summed E-state index contributed by atoms with van der Waals surface area (Å²) in [5, 5.41) is 9.69. The molecule has 0 heterocycles. The summed E-state index contributed by atoms with van der Waals surface area (Å²) < 4.78 is 44.4. The van der Waals surface area contributed by atoms with Gasteiger partial charge in [-0.3, -0.25) is 0 Å². The second kappa shape index (κ2) is 9.28. The molecule has 4 aromatic carbocycles. The number of benzene rings is 4. The van der Waals surface area contributed by atoms with Crippen molar-refractivity contribution in [3.8, 4) is 28.3 Å². The van der Waals surface area contributed by atoms with Gasteiger partial charge in [-0.1, -0.05) is 62.2 Å². The maximum absolute atomic E-state index is 15.0. The molecule has 0 aromatic heterocycles. The summed E-state index contributed by atoms with van der Waals surface area (Å²) >= 11 is 0. The molecule has 0 amide bonds. The Morgan fingerprint density at radius 2 is 1.44 bits per heavy atom. The van der Waals surface area contributed by atoms with E-state index in [-0.39, 0.29) is 16.5 Å². The van der Waals surface area contributed by atoms with Crippen molar-refractivity contribution in [3.63, 3.8) is 0 Å². The summed E-state index contributed by atoms with van der Waals surface area (Å²) in [7, 11) is 0. The average molecular weight is 429 g/mol. The quantitative estimate of drug-likeness (QED) is 0.283. The fourth-order valence-electron chi connectivity index (χ4n) is 3.99. The van der Waals surface area contributed by atoms with Crippen LogP contribution in [-0.4, -0.2) is 0 Å². The summed E-state index contributed by atoms with van der Waals surface area (Å²) in [5.74, 6) is -1.99. The molecule has 0 saturated heterocycles. The van der Waals surface area contributed by atoms with Crippen LogP contribution in [0.3, 0.4) is 0 Å². The molecule has 0 radical (unpaired) electrons. The third-order valence-electron chi connectivity index (χ3n) is 5.76. The maximum Gasteiger partial charge on any atom is 0.148 e. The molecule has 0 spiro atoms. The fraction of sp³-hybridized carbons (Fsp3) is 0.179. The lowest BCUT2D eigenvalue weighted by Crippen LogP contribution is -1.94. The van der Waals surface area contributed by atoms with E-state index in [9.17, 15) is 4.39 Å². The number of rotatable bonds is 6. The summed E-state index contributed by atoms with van der Waals surface area (Å²) in [6, 6.07) is 19.6. The molecule has 0 fully saturated rings. The molecule has 4 rings (SSSR count). The molecular weight excluding hydrogens is 407 g/mol. The summed E-state index contributed by atoms with van der Waals surface area (Å²) in [6.07, 6.45) is 4.46. The van der Waals surface area contributed by atoms with Crippen molar-refractivity contribution in [1.29, 1.82) is 5.26 Å². The molecular formula is C28H22F3N. The van der Waals surface area contributed by atoms with E-state index < -0.39 is 17.5 Å². The Morgan fingerprint density at radius 1 is 0.750 bits per heavy atom. The molecule has 0 aliphatic carbocycles. The van der Waals surface area contributed by atoms with Gasteiger partial charge in [0.15, 0.2) is 0 Å². The maximum atomic E-state index is 15.0. The van der Waals surface area contributed by atoms with Gasteiger partial charge >= 0.3 is 0 Å². The van der Waals surface area contributed by atoms with Gasteiger partial charge in [-0.25, -0.2) is 13.2 Å². The van der Waals surface area contributed by atoms with Crippen molar-refractivity contribution in [1.82, 2.24) is 0 Å². The second-order valence-electron chi connectivity index (χ2n) is 7.94. The smallest absolute Gasteiger partial charge is 0.148 e. The minimum absolute atomic E-state index is 0.0663. The van der Waals surface area contributed by atoms with E-state index in [1.807, 2.05) is 24.3 Å². The Balaban J connectivity index is 1.67. The number of hydrogen-bond donors (Lipinski definition) is 0. The minimum atomic E-state index is -0.680. The Hall–Kier alpha value is -3.58. The Labute approximate surface area is 185 Å². The molecule has 0 bridgehead atoms. The molecule has 0 saturated carbocycles. The van der Waals surface area contributed by atoms with Crippen LogP contribution in [0.2, 0.25) is 0 Å². The van der Waals surface area contributed by atoms with E-state index in [2.05, 4.69) is 6.92 Å². The highest BCUT2D eigenvalue weighted by molar-refractivity contribution is 5.89. The summed E-state index contributed by atoms with van der Waals surface area (Å²) in [6.45, 7) is 2.16. The van der Waals surface area contributed by atoms with Gasteiger partial charge < -0.3 is 0 Å². The van der Waals surface area contributed by atoms with Gasteiger partial charge in [0.1, 0.15) is 23.5 Å². The second-order valence-corrected chi connectivity index (χ2v) is 7.94. The number of halogens is 3. The molecule has 4 aromatic rings. The Bertz CT molecular complexity index is 1290. The van der Waals surface area contributed by atoms with Crippen molar-refractivity contribution < 1.29 is 13.2 Å². The SMILES string of the molecule is CCCCCc1ccc(-c2cc(F)c(-c3ccc4c(F)c(C#N)ccc4c3)c(F)c2)cc1. The van der Waals surface area contributed by atoms with Crippen molar-refractivity contribution in [2.24, 2.45) is 0 Å². The van der Waals surface area contributed by atoms with Crippen LogP contribution in [0.4, 0.5) is 13.2 Å². The molecule has 1 nitrogen and oxygen atoms in total. The third-order valence-corrected chi connectivity index (χ3v) is 5.76. The van der Waals surface area contributed by atoms with Crippen molar-refractivity contribution in [2.75, 3.05) is 0 Å². The van der Waals surface area contributed by atoms with Crippen LogP contribution in [0.25, 0.3) is 33.0 Å². The number of nitrogens with zero attached hydrogens (tertiary/aromatic N) is 1. The fourth-order valence-corrected chi connectivity index (χ4v) is 3.99. The Kier molecular flexibility index (Phi) is 6.28. The molecule has 32 heavy (non-hydrogen) atoms. The summed E-state index contributed by atoms with van der Waals surface area (Å²) in [5.41, 5.74) is 2.52. The first-order chi connectivity index (χ1) is 15.5. The molecule has 4 heteroatoms. The standard InChI is InChI=1S/C28H22F3N/c1-2-3-4-5-18-6-8-19(9-7-18)23-15-25(29)27(26(30)16-23)21-12-13-24-20(14-21)10-11-22(17-32)28(24)31/h6-16H,2-5H2,1H3. The molecule has 0 atom stereocenters. The zero-order valence-electron chi connectivity index (χ0n) is 17.8. The van der Waals surface area contributed by atoms with Crippen LogP contribution >= 0.6 is 0 Å². The van der Waals surface area contributed by atoms with Gasteiger partial charge in [0.25, 0.3) is 0 Å². The topological polar surface area (TPSA) is 23.8 Å². The largest absolute Gasteiger partial charge is 0.206 e. The molecule has 0 N–H and O–H groups in total. The molecule has 0 unspecified atom stereocenters. The van der Waals surface area contributed by atoms with Gasteiger partial charge in [0, 0.05) is 5.39 Å². The van der Waals surface area contributed by atoms with Crippen LogP contribution in [0, 0.1) is 28.8 Å². The van der Waals surface area contributed by atoms with Crippen molar-refractivity contribution >= 4 is 10.8 Å². The Morgan fingerprint density at radius 3 is 2.09 bits per heavy atom. The lowest BCUT2D eigenvalue weighted by Gasteiger charge is -2.11. The van der Waals surface area contributed by atoms with E-state index in [1.165, 1.54) is 48.4 Å². The lowest BCUT2D eigenvalue weighted by atomic mass is 9.95. The van der Waals surface area contributed by atoms with Crippen LogP contribution in [0.5, 0.6) is 0 Å². The average Bonchev–Trinajstić information content (AvgIpc) is 2.79. The number of unbranched alkanes of at least 4 members (excludes halogenated alkanes) is 2. The zero-order valence-corrected chi connectivity index (χ0v) is 17.8. The molecule has 0 aliphatic heterocycles. The van der Waals surface area contributed by atoms with Crippen LogP contribution in [0.1, 0.15) is 37.3 Å². The van der Waals surface area contributed by atoms with E-state index in [0.717, 1.165) is 24.8 Å². The summed E-state index contributed by atoms with van der Waals surface area (Å²) in [4.78, 5) is 0. The van der Waals surface area contributed by atoms with E-state index in [4.69, 9.17) is 5.26 Å². The van der Waals surface area contributed by atoms with Gasteiger partial charge in [0.05, 0.1) is 11.1 Å². The monoisotopic (exact) mass is 429 g/mol. The van der Waals surface area contributed by atoms with E-state index >= 15 is 8.78 Å². The van der Waals surface area contributed by atoms with Gasteiger partial charge in [0.2, 0.25) is 0 Å². The number of nitriles is 1. The predicted molar refractivity (Wildman–Crippen MR) is 123 cm³/mol. The van der Waals surface area contributed by atoms with Gasteiger partial charge in [-0.2, -0.15) is 5.26 Å². The van der Waals surface area contributed by atoms with Gasteiger partial charge in [-0.05, 0) is 64.7 Å². The van der Waals surface area contributed by atoms with Crippen LogP contribution < -0.4 is 0 Å². The zero-order chi connectivity index (χ0) is 22.7. The number of aryl methyl sites for hydroxylation is 1. The molecule has 160 valence electrons. The first-order valence-corrected chi connectivity index (χ1v) is 10.7. The first-order valence-electron chi connectivity index (χ1n) is 10.7. The highest BCUT2D eigenvalue weighted by Gasteiger charge is 2.16. The lowest BCUT2D eigenvalue weighted by molar-refractivity contribution is 0.590. The third kappa shape index (κ3) is 4.24. The minimum Gasteiger partial charge on any atom is -0.206 e. The van der Waals surface area contributed by atoms with Crippen LogP contribution in [-0.2, 0) is 6.42 Å². The number of fused-ring (bicyclic) bond motifs is 1. The predicted octanol–water partition coefficient (Wildman–Crippen LogP) is 8.20. The highest BCUT2D eigenvalue weighted by Crippen LogP contribution is 2.33. The van der Waals surface area contributed by atoms with E-state index in [1.54, 1.807) is 12.1 Å². The van der Waals surface area contributed by atoms with Crippen molar-refractivity contribution in [2.45, 2.75) is 32.6 Å². The highest BCUT2D eigenvalue weighted by atomic mass is 19.1. The number of hydrogen-bond acceptors (Lipinski definition) is 1. The van der Waals surface area contributed by atoms with Gasteiger partial charge in [-0.15, -0.1) is 0 Å². The first kappa shape index (κ1) is 21.6. The normalized spacial score (nSPS) is 11.0. The van der Waals surface area contributed by atoms with E-state index in [0.29, 0.717) is 16.5 Å². The molecule has 0 aliphatic rings. The van der Waals surface area contributed by atoms with Crippen LogP contribution in [0.15, 0.2) is 66.7 Å². The van der Waals surface area contributed by atoms with Crippen molar-refractivity contribution in [3.05, 3.63) is 95.3 Å².